The molecule has 0 saturated carbocycles. The Balaban J connectivity index is 1.57. The number of rotatable bonds is 12. The maximum absolute atomic E-state index is 11.0. The van der Waals surface area contributed by atoms with Crippen molar-refractivity contribution in [3.05, 3.63) is 58.7 Å². The van der Waals surface area contributed by atoms with Crippen molar-refractivity contribution in [2.75, 3.05) is 41.3 Å². The Morgan fingerprint density at radius 3 is 1.47 bits per heavy atom. The first-order chi connectivity index (χ1) is 14.5. The van der Waals surface area contributed by atoms with E-state index < -0.39 is 6.10 Å². The van der Waals surface area contributed by atoms with Gasteiger partial charge in [0.15, 0.2) is 0 Å². The molecule has 0 saturated heterocycles. The van der Waals surface area contributed by atoms with Crippen molar-refractivity contribution >= 4 is 0 Å². The molecular formula is C27H40N2O. The van der Waals surface area contributed by atoms with Crippen molar-refractivity contribution in [1.82, 2.24) is 9.80 Å². The standard InChI is InChI=1S/C27H40N2O/c1-28(2)17-9-5-7-11-21-13-15-23-24-16-14-22(12-8-6-10-18-29(3)4)20-26(24)27(30)25(23)19-21/h13-16,19-20,27,30H,5-12,17-18H2,1-4H3. The van der Waals surface area contributed by atoms with Gasteiger partial charge in [0.2, 0.25) is 0 Å². The first-order valence-corrected chi connectivity index (χ1v) is 11.7. The van der Waals surface area contributed by atoms with Crippen LogP contribution in [0.2, 0.25) is 0 Å². The van der Waals surface area contributed by atoms with Crippen LogP contribution in [0.25, 0.3) is 11.1 Å². The monoisotopic (exact) mass is 408 g/mol. The van der Waals surface area contributed by atoms with E-state index in [1.165, 1.54) is 60.8 Å². The fraction of sp³-hybridized carbons (Fsp3) is 0.556. The molecule has 0 fully saturated rings. The fourth-order valence-corrected chi connectivity index (χ4v) is 4.51. The molecule has 0 unspecified atom stereocenters. The van der Waals surface area contributed by atoms with Gasteiger partial charge in [0.05, 0.1) is 0 Å². The van der Waals surface area contributed by atoms with Crippen molar-refractivity contribution in [2.24, 2.45) is 0 Å². The summed E-state index contributed by atoms with van der Waals surface area (Å²) in [6.07, 6.45) is 9.18. The van der Waals surface area contributed by atoms with Gasteiger partial charge in [0, 0.05) is 0 Å². The molecule has 0 aliphatic heterocycles. The Morgan fingerprint density at radius 2 is 1.07 bits per heavy atom. The van der Waals surface area contributed by atoms with Crippen molar-refractivity contribution < 1.29 is 5.11 Å². The number of aliphatic hydroxyl groups is 1. The summed E-state index contributed by atoms with van der Waals surface area (Å²) in [4.78, 5) is 4.50. The highest BCUT2D eigenvalue weighted by Gasteiger charge is 2.27. The normalized spacial score (nSPS) is 13.3. The van der Waals surface area contributed by atoms with Crippen LogP contribution in [0.15, 0.2) is 36.4 Å². The molecule has 0 amide bonds. The van der Waals surface area contributed by atoms with Gasteiger partial charge in [-0.3, -0.25) is 0 Å². The average Bonchev–Trinajstić information content (AvgIpc) is 2.98. The largest absolute Gasteiger partial charge is 0.384 e. The molecule has 2 aromatic carbocycles. The van der Waals surface area contributed by atoms with Crippen molar-refractivity contribution in [2.45, 2.75) is 57.5 Å². The third-order valence-corrected chi connectivity index (χ3v) is 6.25. The maximum atomic E-state index is 11.0. The van der Waals surface area contributed by atoms with Gasteiger partial charge in [0.25, 0.3) is 0 Å². The maximum Gasteiger partial charge on any atom is 0.105 e. The van der Waals surface area contributed by atoms with Gasteiger partial charge in [-0.15, -0.1) is 0 Å². The van der Waals surface area contributed by atoms with Gasteiger partial charge in [-0.1, -0.05) is 49.2 Å². The zero-order valence-corrected chi connectivity index (χ0v) is 19.5. The SMILES string of the molecule is CN(C)CCCCCc1ccc2c(c1)C(O)c1cc(CCCCCN(C)C)ccc1-2. The fourth-order valence-electron chi connectivity index (χ4n) is 4.51. The second-order valence-corrected chi connectivity index (χ2v) is 9.47. The molecule has 0 atom stereocenters. The molecule has 30 heavy (non-hydrogen) atoms. The van der Waals surface area contributed by atoms with E-state index in [-0.39, 0.29) is 0 Å². The van der Waals surface area contributed by atoms with Crippen molar-refractivity contribution in [3.63, 3.8) is 0 Å². The minimum Gasteiger partial charge on any atom is -0.384 e. The van der Waals surface area contributed by atoms with Crippen molar-refractivity contribution in [1.29, 1.82) is 0 Å². The molecule has 3 rings (SSSR count). The zero-order chi connectivity index (χ0) is 21.5. The van der Waals surface area contributed by atoms with E-state index in [2.05, 4.69) is 74.4 Å². The molecule has 0 heterocycles. The average molecular weight is 409 g/mol. The molecule has 2 aromatic rings. The van der Waals surface area contributed by atoms with Gasteiger partial charge in [0.1, 0.15) is 6.10 Å². The predicted molar refractivity (Wildman–Crippen MR) is 128 cm³/mol. The number of nitrogens with zero attached hydrogens (tertiary/aromatic N) is 2. The smallest absolute Gasteiger partial charge is 0.105 e. The highest BCUT2D eigenvalue weighted by atomic mass is 16.3. The number of benzene rings is 2. The van der Waals surface area contributed by atoms with Gasteiger partial charge >= 0.3 is 0 Å². The zero-order valence-electron chi connectivity index (χ0n) is 19.5. The van der Waals surface area contributed by atoms with Gasteiger partial charge < -0.3 is 14.9 Å². The Morgan fingerprint density at radius 1 is 0.633 bits per heavy atom. The summed E-state index contributed by atoms with van der Waals surface area (Å²) in [7, 11) is 8.54. The molecule has 0 bridgehead atoms. The summed E-state index contributed by atoms with van der Waals surface area (Å²) >= 11 is 0. The number of hydrogen-bond acceptors (Lipinski definition) is 3. The lowest BCUT2D eigenvalue weighted by atomic mass is 9.99. The van der Waals surface area contributed by atoms with Crippen LogP contribution in [0.5, 0.6) is 0 Å². The highest BCUT2D eigenvalue weighted by molar-refractivity contribution is 5.78. The number of fused-ring (bicyclic) bond motifs is 3. The van der Waals surface area contributed by atoms with Crippen LogP contribution in [-0.4, -0.2) is 56.2 Å². The second-order valence-electron chi connectivity index (χ2n) is 9.47. The van der Waals surface area contributed by atoms with Gasteiger partial charge in [-0.25, -0.2) is 0 Å². The lowest BCUT2D eigenvalue weighted by molar-refractivity contribution is 0.225. The molecular weight excluding hydrogens is 368 g/mol. The van der Waals surface area contributed by atoms with Crippen molar-refractivity contribution in [3.8, 4) is 11.1 Å². The highest BCUT2D eigenvalue weighted by Crippen LogP contribution is 2.44. The van der Waals surface area contributed by atoms with Gasteiger partial charge in [-0.05, 0) is 113 Å². The van der Waals surface area contributed by atoms with E-state index in [9.17, 15) is 5.11 Å². The summed E-state index contributed by atoms with van der Waals surface area (Å²) in [5, 5.41) is 11.0. The summed E-state index contributed by atoms with van der Waals surface area (Å²) in [6, 6.07) is 13.4. The topological polar surface area (TPSA) is 26.7 Å². The molecule has 0 aromatic heterocycles. The molecule has 3 heteroatoms. The Labute approximate surface area is 183 Å². The number of aryl methyl sites for hydroxylation is 2. The Bertz CT molecular complexity index is 745. The summed E-state index contributed by atoms with van der Waals surface area (Å²) < 4.78 is 0. The first kappa shape index (κ1) is 23.0. The van der Waals surface area contributed by atoms with E-state index in [4.69, 9.17) is 0 Å². The summed E-state index contributed by atoms with van der Waals surface area (Å²) in [5.41, 5.74) is 7.33. The molecule has 0 spiro atoms. The predicted octanol–water partition coefficient (Wildman–Crippen LogP) is 5.30. The number of hydrogen-bond donors (Lipinski definition) is 1. The quantitative estimate of drug-likeness (QED) is 0.483. The van der Waals surface area contributed by atoms with Crippen LogP contribution in [0.1, 0.15) is 66.9 Å². The van der Waals surface area contributed by atoms with E-state index >= 15 is 0 Å². The lowest BCUT2D eigenvalue weighted by Gasteiger charge is -2.10. The van der Waals surface area contributed by atoms with E-state index in [1.54, 1.807) is 0 Å². The van der Waals surface area contributed by atoms with Crippen LogP contribution in [0.3, 0.4) is 0 Å². The molecule has 1 aliphatic rings. The Kier molecular flexibility index (Phi) is 8.50. The van der Waals surface area contributed by atoms with E-state index in [0.29, 0.717) is 0 Å². The molecule has 1 N–H and O–H groups in total. The van der Waals surface area contributed by atoms with Crippen LogP contribution in [0.4, 0.5) is 0 Å². The first-order valence-electron chi connectivity index (χ1n) is 11.7. The second kappa shape index (κ2) is 11.1. The third kappa shape index (κ3) is 6.16. The Hall–Kier alpha value is -1.68. The molecule has 0 radical (unpaired) electrons. The minimum atomic E-state index is -0.475. The lowest BCUT2D eigenvalue weighted by Crippen LogP contribution is -2.12. The number of aliphatic hydroxyl groups excluding tert-OH is 1. The van der Waals surface area contributed by atoms with Crippen LogP contribution >= 0.6 is 0 Å². The molecule has 1 aliphatic carbocycles. The minimum absolute atomic E-state index is 0.475. The third-order valence-electron chi connectivity index (χ3n) is 6.25. The molecule has 164 valence electrons. The van der Waals surface area contributed by atoms with Crippen LogP contribution in [-0.2, 0) is 12.8 Å². The van der Waals surface area contributed by atoms with E-state index in [1.807, 2.05) is 0 Å². The van der Waals surface area contributed by atoms with Crippen LogP contribution in [0, 0.1) is 0 Å². The molecule has 3 nitrogen and oxygen atoms in total. The summed E-state index contributed by atoms with van der Waals surface area (Å²) in [5.74, 6) is 0. The summed E-state index contributed by atoms with van der Waals surface area (Å²) in [6.45, 7) is 2.33. The van der Waals surface area contributed by atoms with Crippen LogP contribution < -0.4 is 0 Å². The number of unbranched alkanes of at least 4 members (excludes halogenated alkanes) is 4. The van der Waals surface area contributed by atoms with E-state index in [0.717, 1.165) is 37.1 Å². The van der Waals surface area contributed by atoms with Gasteiger partial charge in [-0.2, -0.15) is 0 Å².